The van der Waals surface area contributed by atoms with Crippen molar-refractivity contribution in [2.45, 2.75) is 19.8 Å². The normalized spacial score (nSPS) is 11.5. The number of aromatic nitrogens is 2. The number of fused-ring (bicyclic) bond motifs is 1. The second-order valence-electron chi connectivity index (χ2n) is 7.42. The van der Waals surface area contributed by atoms with Gasteiger partial charge in [-0.15, -0.1) is 0 Å². The lowest BCUT2D eigenvalue weighted by Gasteiger charge is -2.11. The molecule has 0 fully saturated rings. The Morgan fingerprint density at radius 1 is 1.16 bits per heavy atom. The molecule has 2 aromatic heterocycles. The zero-order valence-corrected chi connectivity index (χ0v) is 19.3. The summed E-state index contributed by atoms with van der Waals surface area (Å²) in [5, 5.41) is 4.86. The molecule has 0 saturated carbocycles. The van der Waals surface area contributed by atoms with Crippen molar-refractivity contribution in [3.8, 4) is 11.3 Å². The van der Waals surface area contributed by atoms with Crippen molar-refractivity contribution in [3.63, 3.8) is 0 Å². The van der Waals surface area contributed by atoms with E-state index in [9.17, 15) is 9.59 Å². The van der Waals surface area contributed by atoms with Gasteiger partial charge in [-0.3, -0.25) is 4.79 Å². The predicted octanol–water partition coefficient (Wildman–Crippen LogP) is 5.21. The van der Waals surface area contributed by atoms with E-state index in [2.05, 4.69) is 26.0 Å². The Morgan fingerprint density at radius 2 is 1.91 bits per heavy atom. The Balaban J connectivity index is 1.67. The Morgan fingerprint density at radius 3 is 2.59 bits per heavy atom. The first-order valence-corrected chi connectivity index (χ1v) is 10.7. The average molecular weight is 494 g/mol. The van der Waals surface area contributed by atoms with Crippen LogP contribution in [0.1, 0.15) is 41.7 Å². The number of halogens is 1. The van der Waals surface area contributed by atoms with Gasteiger partial charge < -0.3 is 9.15 Å². The maximum Gasteiger partial charge on any atom is 0.337 e. The van der Waals surface area contributed by atoms with Gasteiger partial charge >= 0.3 is 5.97 Å². The zero-order chi connectivity index (χ0) is 22.8. The highest BCUT2D eigenvalue weighted by molar-refractivity contribution is 9.10. The summed E-state index contributed by atoms with van der Waals surface area (Å²) in [5.74, 6) is 1.25. The smallest absolute Gasteiger partial charge is 0.337 e. The third-order valence-electron chi connectivity index (χ3n) is 4.87. The van der Waals surface area contributed by atoms with Crippen molar-refractivity contribution in [1.29, 1.82) is 0 Å². The quantitative estimate of drug-likeness (QED) is 0.281. The summed E-state index contributed by atoms with van der Waals surface area (Å²) in [6.45, 7) is 3.92. The number of esters is 1. The van der Waals surface area contributed by atoms with E-state index in [4.69, 9.17) is 9.15 Å². The van der Waals surface area contributed by atoms with Crippen LogP contribution in [0, 0.1) is 0 Å². The minimum Gasteiger partial charge on any atom is -0.465 e. The molecule has 0 spiro atoms. The molecule has 7 nitrogen and oxygen atoms in total. The fourth-order valence-electron chi connectivity index (χ4n) is 3.23. The summed E-state index contributed by atoms with van der Waals surface area (Å²) in [4.78, 5) is 29.3. The van der Waals surface area contributed by atoms with Crippen LogP contribution in [0.4, 0.5) is 0 Å². The van der Waals surface area contributed by atoms with Crippen LogP contribution in [0.5, 0.6) is 0 Å². The van der Waals surface area contributed by atoms with E-state index in [0.717, 1.165) is 10.0 Å². The fourth-order valence-corrected chi connectivity index (χ4v) is 3.59. The first-order valence-electron chi connectivity index (χ1n) is 9.92. The molecule has 4 rings (SSSR count). The van der Waals surface area contributed by atoms with E-state index in [1.165, 1.54) is 18.0 Å². The Hall–Kier alpha value is -3.52. The van der Waals surface area contributed by atoms with E-state index in [0.29, 0.717) is 33.8 Å². The number of hydrogen-bond acceptors (Lipinski definition) is 6. The van der Waals surface area contributed by atoms with Crippen LogP contribution in [-0.4, -0.2) is 29.0 Å². The second kappa shape index (κ2) is 8.92. The van der Waals surface area contributed by atoms with Crippen LogP contribution < -0.4 is 5.56 Å². The molecule has 162 valence electrons. The molecule has 0 unspecified atom stereocenters. The number of carbonyl (C=O) groups excluding carboxylic acids is 1. The molecule has 0 atom stereocenters. The van der Waals surface area contributed by atoms with Crippen molar-refractivity contribution in [3.05, 3.63) is 86.6 Å². The van der Waals surface area contributed by atoms with Crippen LogP contribution >= 0.6 is 15.9 Å². The number of ether oxygens (including phenoxy) is 1. The summed E-state index contributed by atoms with van der Waals surface area (Å²) >= 11 is 3.40. The number of carbonyl (C=O) groups is 1. The van der Waals surface area contributed by atoms with Gasteiger partial charge in [0.25, 0.3) is 5.56 Å². The molecule has 32 heavy (non-hydrogen) atoms. The number of rotatable bonds is 5. The van der Waals surface area contributed by atoms with Gasteiger partial charge in [0.1, 0.15) is 17.3 Å². The van der Waals surface area contributed by atoms with E-state index in [1.807, 2.05) is 26.0 Å². The molecular weight excluding hydrogens is 474 g/mol. The molecule has 2 aromatic carbocycles. The lowest BCUT2D eigenvalue weighted by molar-refractivity contribution is 0.0600. The van der Waals surface area contributed by atoms with Crippen LogP contribution in [0.3, 0.4) is 0 Å². The molecule has 4 aromatic rings. The molecule has 0 saturated heterocycles. The summed E-state index contributed by atoms with van der Waals surface area (Å²) in [6, 6.07) is 15.9. The number of hydrogen-bond donors (Lipinski definition) is 0. The Labute approximate surface area is 192 Å². The molecule has 8 heteroatoms. The van der Waals surface area contributed by atoms with Crippen molar-refractivity contribution in [2.75, 3.05) is 7.11 Å². The van der Waals surface area contributed by atoms with Gasteiger partial charge in [0.2, 0.25) is 0 Å². The maximum absolute atomic E-state index is 13.1. The zero-order valence-electron chi connectivity index (χ0n) is 17.7. The third kappa shape index (κ3) is 4.27. The van der Waals surface area contributed by atoms with Gasteiger partial charge in [0.15, 0.2) is 0 Å². The summed E-state index contributed by atoms with van der Waals surface area (Å²) in [6.07, 6.45) is 1.49. The largest absolute Gasteiger partial charge is 0.465 e. The van der Waals surface area contributed by atoms with Gasteiger partial charge in [-0.25, -0.2) is 9.78 Å². The number of furan rings is 1. The number of benzene rings is 2. The molecule has 0 aliphatic carbocycles. The van der Waals surface area contributed by atoms with Gasteiger partial charge in [-0.05, 0) is 42.5 Å². The van der Waals surface area contributed by atoms with Crippen molar-refractivity contribution < 1.29 is 13.9 Å². The lowest BCUT2D eigenvalue weighted by atomic mass is 10.1. The highest BCUT2D eigenvalue weighted by Gasteiger charge is 2.14. The van der Waals surface area contributed by atoms with Gasteiger partial charge in [-0.1, -0.05) is 41.9 Å². The first kappa shape index (κ1) is 21.7. The first-order chi connectivity index (χ1) is 15.4. The average Bonchev–Trinajstić information content (AvgIpc) is 3.27. The maximum atomic E-state index is 13.1. The topological polar surface area (TPSA) is 86.7 Å². The molecular formula is C24H20BrN3O4. The number of nitrogens with zero attached hydrogens (tertiary/aromatic N) is 3. The molecule has 0 aliphatic heterocycles. The predicted molar refractivity (Wildman–Crippen MR) is 126 cm³/mol. The monoisotopic (exact) mass is 493 g/mol. The Kier molecular flexibility index (Phi) is 6.05. The highest BCUT2D eigenvalue weighted by atomic mass is 79.9. The molecule has 0 N–H and O–H groups in total. The van der Waals surface area contributed by atoms with E-state index >= 15 is 0 Å². The molecule has 0 aliphatic rings. The highest BCUT2D eigenvalue weighted by Crippen LogP contribution is 2.23. The molecule has 0 amide bonds. The van der Waals surface area contributed by atoms with E-state index in [1.54, 1.807) is 42.5 Å². The SMILES string of the molecule is COC(=O)c1ccc(-c2ccc(C=Nn3c(C(C)C)nc4ccc(Br)cc4c3=O)o2)cc1. The minimum atomic E-state index is -0.397. The van der Waals surface area contributed by atoms with Crippen LogP contribution in [-0.2, 0) is 4.74 Å². The molecule has 2 heterocycles. The molecule has 0 radical (unpaired) electrons. The van der Waals surface area contributed by atoms with Gasteiger partial charge in [0, 0.05) is 16.0 Å². The Bertz CT molecular complexity index is 1380. The van der Waals surface area contributed by atoms with Crippen molar-refractivity contribution in [1.82, 2.24) is 9.66 Å². The second-order valence-corrected chi connectivity index (χ2v) is 8.33. The third-order valence-corrected chi connectivity index (χ3v) is 5.36. The van der Waals surface area contributed by atoms with Gasteiger partial charge in [-0.2, -0.15) is 9.78 Å². The van der Waals surface area contributed by atoms with Crippen molar-refractivity contribution in [2.24, 2.45) is 5.10 Å². The summed E-state index contributed by atoms with van der Waals surface area (Å²) < 4.78 is 12.7. The van der Waals surface area contributed by atoms with Crippen LogP contribution in [0.2, 0.25) is 0 Å². The van der Waals surface area contributed by atoms with Crippen LogP contribution in [0.15, 0.2) is 73.4 Å². The van der Waals surface area contributed by atoms with Crippen LogP contribution in [0.25, 0.3) is 22.2 Å². The summed E-state index contributed by atoms with van der Waals surface area (Å²) in [7, 11) is 1.34. The number of methoxy groups -OCH3 is 1. The van der Waals surface area contributed by atoms with Gasteiger partial charge in [0.05, 0.1) is 29.8 Å². The summed E-state index contributed by atoms with van der Waals surface area (Å²) in [5.41, 5.74) is 1.64. The van der Waals surface area contributed by atoms with Crippen molar-refractivity contribution >= 4 is 39.0 Å². The molecule has 0 bridgehead atoms. The lowest BCUT2D eigenvalue weighted by Crippen LogP contribution is -2.23. The standard InChI is InChI=1S/C24H20BrN3O4/c1-14(2)22-27-20-10-8-17(25)12-19(20)23(29)28(22)26-13-18-9-11-21(32-18)15-4-6-16(7-5-15)24(30)31-3/h4-14H,1-3H3. The van der Waals surface area contributed by atoms with E-state index < -0.39 is 5.97 Å². The van der Waals surface area contributed by atoms with E-state index in [-0.39, 0.29) is 11.5 Å². The minimum absolute atomic E-state index is 0.00613. The fraction of sp³-hybridized carbons (Fsp3) is 0.167.